The van der Waals surface area contributed by atoms with E-state index in [1.54, 1.807) is 0 Å². The maximum absolute atomic E-state index is 12.1. The van der Waals surface area contributed by atoms with E-state index < -0.39 is 28.6 Å². The summed E-state index contributed by atoms with van der Waals surface area (Å²) in [7, 11) is -3.82. The van der Waals surface area contributed by atoms with E-state index >= 15 is 0 Å². The topological polar surface area (TPSA) is 122 Å². The summed E-state index contributed by atoms with van der Waals surface area (Å²) in [6, 6.07) is 0. The number of aliphatic hydroxyl groups excluding tert-OH is 1. The summed E-state index contributed by atoms with van der Waals surface area (Å²) >= 11 is 0. The van der Waals surface area contributed by atoms with Gasteiger partial charge in [0.15, 0.2) is 0 Å². The van der Waals surface area contributed by atoms with Gasteiger partial charge in [0.2, 0.25) is 10.0 Å². The number of rotatable bonds is 6. The van der Waals surface area contributed by atoms with Gasteiger partial charge in [-0.2, -0.15) is 5.10 Å². The van der Waals surface area contributed by atoms with Crippen molar-refractivity contribution in [2.45, 2.75) is 38.3 Å². The highest BCUT2D eigenvalue weighted by Crippen LogP contribution is 2.19. The molecule has 0 bridgehead atoms. The van der Waals surface area contributed by atoms with Crippen molar-refractivity contribution in [2.24, 2.45) is 0 Å². The molecule has 1 rings (SSSR count). The van der Waals surface area contributed by atoms with Crippen molar-refractivity contribution in [2.75, 3.05) is 6.54 Å². The molecule has 1 aromatic heterocycles. The molecule has 0 fully saturated rings. The Morgan fingerprint density at radius 1 is 1.47 bits per heavy atom. The Bertz CT molecular complexity index is 576. The summed E-state index contributed by atoms with van der Waals surface area (Å²) in [5.41, 5.74) is 0.467. The van der Waals surface area contributed by atoms with Crippen molar-refractivity contribution in [1.29, 1.82) is 0 Å². The van der Waals surface area contributed by atoms with Crippen LogP contribution in [0.4, 0.5) is 0 Å². The van der Waals surface area contributed by atoms with E-state index in [9.17, 15) is 13.2 Å². The van der Waals surface area contributed by atoms with Crippen molar-refractivity contribution >= 4 is 16.0 Å². The molecule has 1 atom stereocenters. The van der Waals surface area contributed by atoms with Crippen molar-refractivity contribution < 1.29 is 23.4 Å². The molecule has 108 valence electrons. The molecular weight excluding hydrogens is 274 g/mol. The molecule has 1 aromatic rings. The van der Waals surface area contributed by atoms with Crippen LogP contribution in [0, 0.1) is 13.8 Å². The third-order valence-electron chi connectivity index (χ3n) is 2.44. The molecule has 1 heterocycles. The Morgan fingerprint density at radius 3 is 2.53 bits per heavy atom. The van der Waals surface area contributed by atoms with Crippen LogP contribution >= 0.6 is 0 Å². The predicted molar refractivity (Wildman–Crippen MR) is 66.2 cm³/mol. The van der Waals surface area contributed by atoms with Gasteiger partial charge in [-0.15, -0.1) is 0 Å². The highest BCUT2D eigenvalue weighted by Gasteiger charge is 2.25. The number of hydrogen-bond donors (Lipinski definition) is 3. The first-order valence-corrected chi connectivity index (χ1v) is 7.07. The Balaban J connectivity index is 3.13. The first kappa shape index (κ1) is 15.6. The molecule has 0 aliphatic rings. The monoisotopic (exact) mass is 291 g/mol. The highest BCUT2D eigenvalue weighted by atomic mass is 32.2. The van der Waals surface area contributed by atoms with Gasteiger partial charge in [0.05, 0.1) is 17.5 Å². The van der Waals surface area contributed by atoms with Gasteiger partial charge in [0.1, 0.15) is 11.4 Å². The van der Waals surface area contributed by atoms with Crippen LogP contribution in [-0.2, 0) is 21.4 Å². The average Bonchev–Trinajstić information content (AvgIpc) is 2.51. The number of aryl methyl sites for hydroxylation is 1. The molecule has 3 N–H and O–H groups in total. The fraction of sp³-hybridized carbons (Fsp3) is 0.600. The Morgan fingerprint density at radius 2 is 2.05 bits per heavy atom. The molecule has 9 heteroatoms. The molecule has 0 spiro atoms. The lowest BCUT2D eigenvalue weighted by atomic mass is 10.4. The first-order chi connectivity index (χ1) is 8.65. The molecule has 0 aliphatic heterocycles. The average molecular weight is 291 g/mol. The molecule has 0 radical (unpaired) electrons. The largest absolute Gasteiger partial charge is 0.480 e. The summed E-state index contributed by atoms with van der Waals surface area (Å²) in [5, 5.41) is 21.7. The second-order valence-corrected chi connectivity index (χ2v) is 5.96. The number of aliphatic hydroxyl groups is 1. The molecule has 0 saturated carbocycles. The quantitative estimate of drug-likeness (QED) is 0.633. The van der Waals surface area contributed by atoms with Gasteiger partial charge in [-0.25, -0.2) is 13.1 Å². The van der Waals surface area contributed by atoms with Gasteiger partial charge in [0, 0.05) is 6.54 Å². The number of aliphatic carboxylic acids is 1. The third kappa shape index (κ3) is 3.75. The molecular formula is C10H17N3O5S. The summed E-state index contributed by atoms with van der Waals surface area (Å²) in [6.07, 6.45) is -0.815. The number of aromatic nitrogens is 2. The molecule has 0 unspecified atom stereocenters. The molecule has 0 amide bonds. The van der Waals surface area contributed by atoms with Crippen LogP contribution in [-0.4, -0.2) is 47.0 Å². The smallest absolute Gasteiger partial charge is 0.325 e. The minimum absolute atomic E-state index is 0.0469. The van der Waals surface area contributed by atoms with E-state index in [0.717, 1.165) is 4.68 Å². The molecule has 19 heavy (non-hydrogen) atoms. The lowest BCUT2D eigenvalue weighted by molar-refractivity contribution is -0.137. The van der Waals surface area contributed by atoms with E-state index in [-0.39, 0.29) is 22.8 Å². The van der Waals surface area contributed by atoms with Gasteiger partial charge in [0.25, 0.3) is 0 Å². The zero-order chi connectivity index (χ0) is 14.8. The summed E-state index contributed by atoms with van der Waals surface area (Å²) in [5.74, 6) is -1.11. The van der Waals surface area contributed by atoms with Crippen LogP contribution < -0.4 is 4.72 Å². The summed E-state index contributed by atoms with van der Waals surface area (Å²) in [6.45, 7) is 3.90. The molecule has 0 aliphatic carbocycles. The van der Waals surface area contributed by atoms with E-state index in [1.165, 1.54) is 20.8 Å². The van der Waals surface area contributed by atoms with Crippen LogP contribution in [0.25, 0.3) is 0 Å². The molecule has 0 aromatic carbocycles. The second kappa shape index (κ2) is 5.68. The van der Waals surface area contributed by atoms with Gasteiger partial charge >= 0.3 is 5.97 Å². The Labute approximate surface area is 111 Å². The lowest BCUT2D eigenvalue weighted by Gasteiger charge is -2.08. The van der Waals surface area contributed by atoms with Crippen LogP contribution in [0.3, 0.4) is 0 Å². The number of nitrogens with zero attached hydrogens (tertiary/aromatic N) is 2. The number of carboxylic acid groups (broad SMARTS) is 1. The predicted octanol–water partition coefficient (Wildman–Crippen LogP) is -0.756. The summed E-state index contributed by atoms with van der Waals surface area (Å²) in [4.78, 5) is 10.6. The van der Waals surface area contributed by atoms with Crippen molar-refractivity contribution in [3.05, 3.63) is 11.4 Å². The van der Waals surface area contributed by atoms with Gasteiger partial charge < -0.3 is 10.2 Å². The summed E-state index contributed by atoms with van der Waals surface area (Å²) < 4.78 is 27.5. The fourth-order valence-electron chi connectivity index (χ4n) is 1.65. The van der Waals surface area contributed by atoms with Crippen LogP contribution in [0.2, 0.25) is 0 Å². The van der Waals surface area contributed by atoms with Crippen LogP contribution in [0.15, 0.2) is 4.90 Å². The lowest BCUT2D eigenvalue weighted by Crippen LogP contribution is -2.31. The standard InChI is InChI=1S/C10H17N3O5S/c1-6(14)4-11-19(17,18)10-7(2)12-13(8(10)3)5-9(15)16/h6,11,14H,4-5H2,1-3H3,(H,15,16)/t6-/m0/s1. The van der Waals surface area contributed by atoms with E-state index in [0.29, 0.717) is 0 Å². The first-order valence-electron chi connectivity index (χ1n) is 5.58. The zero-order valence-electron chi connectivity index (χ0n) is 10.9. The third-order valence-corrected chi connectivity index (χ3v) is 4.11. The number of hydrogen-bond acceptors (Lipinski definition) is 5. The number of carboxylic acids is 1. The van der Waals surface area contributed by atoms with E-state index in [2.05, 4.69) is 9.82 Å². The fourth-order valence-corrected chi connectivity index (χ4v) is 3.18. The maximum Gasteiger partial charge on any atom is 0.325 e. The van der Waals surface area contributed by atoms with Crippen LogP contribution in [0.1, 0.15) is 18.3 Å². The number of sulfonamides is 1. The van der Waals surface area contributed by atoms with Gasteiger partial charge in [-0.05, 0) is 20.8 Å². The minimum Gasteiger partial charge on any atom is -0.480 e. The minimum atomic E-state index is -3.82. The van der Waals surface area contributed by atoms with Crippen LogP contribution in [0.5, 0.6) is 0 Å². The van der Waals surface area contributed by atoms with E-state index in [4.69, 9.17) is 10.2 Å². The highest BCUT2D eigenvalue weighted by molar-refractivity contribution is 7.89. The van der Waals surface area contributed by atoms with E-state index in [1.807, 2.05) is 0 Å². The Kier molecular flexibility index (Phi) is 4.66. The van der Waals surface area contributed by atoms with Crippen molar-refractivity contribution in [3.63, 3.8) is 0 Å². The van der Waals surface area contributed by atoms with Gasteiger partial charge in [-0.1, -0.05) is 0 Å². The van der Waals surface area contributed by atoms with Gasteiger partial charge in [-0.3, -0.25) is 9.48 Å². The Hall–Kier alpha value is -1.45. The normalized spacial score (nSPS) is 13.5. The zero-order valence-corrected chi connectivity index (χ0v) is 11.7. The number of nitrogens with one attached hydrogen (secondary N) is 1. The second-order valence-electron chi connectivity index (χ2n) is 4.25. The maximum atomic E-state index is 12.1. The molecule has 0 saturated heterocycles. The van der Waals surface area contributed by atoms with Crippen molar-refractivity contribution in [3.8, 4) is 0 Å². The number of carbonyl (C=O) groups is 1. The SMILES string of the molecule is Cc1nn(CC(=O)O)c(C)c1S(=O)(=O)NC[C@H](C)O. The molecule has 8 nitrogen and oxygen atoms in total. The van der Waals surface area contributed by atoms with Crippen molar-refractivity contribution in [1.82, 2.24) is 14.5 Å².